The lowest BCUT2D eigenvalue weighted by molar-refractivity contribution is 0.436. The number of aromatic nitrogens is 2. The van der Waals surface area contributed by atoms with Gasteiger partial charge in [-0.15, -0.1) is 0 Å². The fourth-order valence-electron chi connectivity index (χ4n) is 0.852. The summed E-state index contributed by atoms with van der Waals surface area (Å²) in [5.41, 5.74) is 0.513. The van der Waals surface area contributed by atoms with Gasteiger partial charge in [-0.1, -0.05) is 0 Å². The molecule has 0 fully saturated rings. The molecule has 1 aromatic rings. The largest absolute Gasteiger partial charge is 0.270 e. The van der Waals surface area contributed by atoms with Crippen molar-refractivity contribution < 1.29 is 4.39 Å². The number of alkyl halides is 1. The molecule has 1 aromatic heterocycles. The first-order valence-electron chi connectivity index (χ1n) is 3.80. The molecule has 0 amide bonds. The lowest BCUT2D eigenvalue weighted by Crippen LogP contribution is -2.02. The van der Waals surface area contributed by atoms with Crippen molar-refractivity contribution in [2.24, 2.45) is 0 Å². The highest BCUT2D eigenvalue weighted by Gasteiger charge is 2.07. The van der Waals surface area contributed by atoms with Crippen LogP contribution in [0.15, 0.2) is 12.3 Å². The standard InChI is InChI=1S/C7H12BFN2/c1-5(2)11-4-3-6(10-11)7(8)9/h3-5,7H,8H2,1-2H3. The summed E-state index contributed by atoms with van der Waals surface area (Å²) in [5, 5.41) is 4.05. The molecule has 0 bridgehead atoms. The highest BCUT2D eigenvalue weighted by molar-refractivity contribution is 6.11. The fraction of sp³-hybridized carbons (Fsp3) is 0.571. The molecule has 4 heteroatoms. The topological polar surface area (TPSA) is 17.8 Å². The summed E-state index contributed by atoms with van der Waals surface area (Å²) in [4.78, 5) is 0. The summed E-state index contributed by atoms with van der Waals surface area (Å²) >= 11 is 0. The van der Waals surface area contributed by atoms with Crippen molar-refractivity contribution in [3.8, 4) is 0 Å². The molecule has 1 atom stereocenters. The van der Waals surface area contributed by atoms with E-state index in [1.165, 1.54) is 7.85 Å². The van der Waals surface area contributed by atoms with Crippen molar-refractivity contribution >= 4 is 7.85 Å². The van der Waals surface area contributed by atoms with Gasteiger partial charge in [-0.3, -0.25) is 9.07 Å². The van der Waals surface area contributed by atoms with Crippen LogP contribution in [-0.2, 0) is 0 Å². The molecule has 1 unspecified atom stereocenters. The summed E-state index contributed by atoms with van der Waals surface area (Å²) in [6, 6.07) is 2.02. The average Bonchev–Trinajstić information content (AvgIpc) is 2.33. The van der Waals surface area contributed by atoms with Gasteiger partial charge in [0.05, 0.1) is 5.69 Å². The van der Waals surface area contributed by atoms with Gasteiger partial charge in [0.15, 0.2) is 7.85 Å². The molecule has 0 aliphatic heterocycles. The van der Waals surface area contributed by atoms with E-state index in [-0.39, 0.29) is 0 Å². The van der Waals surface area contributed by atoms with E-state index in [1.54, 1.807) is 16.9 Å². The zero-order valence-corrected chi connectivity index (χ0v) is 7.08. The van der Waals surface area contributed by atoms with Gasteiger partial charge in [-0.25, -0.2) is 0 Å². The molecule has 1 heterocycles. The molecule has 0 saturated carbocycles. The third-order valence-corrected chi connectivity index (χ3v) is 1.57. The first kappa shape index (κ1) is 8.30. The predicted molar refractivity (Wildman–Crippen MR) is 45.0 cm³/mol. The molecule has 2 nitrogen and oxygen atoms in total. The van der Waals surface area contributed by atoms with Crippen LogP contribution in [0.2, 0.25) is 0 Å². The summed E-state index contributed by atoms with van der Waals surface area (Å²) < 4.78 is 14.4. The molecule has 0 aliphatic rings. The first-order chi connectivity index (χ1) is 5.11. The summed E-state index contributed by atoms with van der Waals surface area (Å²) in [5.74, 6) is 0. The minimum atomic E-state index is -0.963. The molecule has 60 valence electrons. The number of hydrogen-bond donors (Lipinski definition) is 0. The predicted octanol–water partition coefficient (Wildman–Crippen LogP) is 1.07. The zero-order valence-electron chi connectivity index (χ0n) is 7.08. The van der Waals surface area contributed by atoms with E-state index in [9.17, 15) is 4.39 Å². The lowest BCUT2D eigenvalue weighted by atomic mass is 9.99. The summed E-state index contributed by atoms with van der Waals surface area (Å²) in [6.45, 7) is 4.03. The minimum Gasteiger partial charge on any atom is -0.270 e. The maximum Gasteiger partial charge on any atom is 0.154 e. The van der Waals surface area contributed by atoms with E-state index in [0.717, 1.165) is 0 Å². The van der Waals surface area contributed by atoms with Crippen LogP contribution in [0.4, 0.5) is 4.39 Å². The number of halogens is 1. The number of rotatable bonds is 2. The van der Waals surface area contributed by atoms with Crippen molar-refractivity contribution in [3.05, 3.63) is 18.0 Å². The van der Waals surface area contributed by atoms with Crippen molar-refractivity contribution in [2.75, 3.05) is 0 Å². The van der Waals surface area contributed by atoms with Gasteiger partial charge < -0.3 is 0 Å². The molecule has 0 radical (unpaired) electrons. The van der Waals surface area contributed by atoms with E-state index in [4.69, 9.17) is 0 Å². The van der Waals surface area contributed by atoms with Crippen LogP contribution in [-0.4, -0.2) is 17.6 Å². The number of hydrogen-bond acceptors (Lipinski definition) is 1. The van der Waals surface area contributed by atoms with Gasteiger partial charge >= 0.3 is 0 Å². The Kier molecular flexibility index (Phi) is 2.32. The Balaban J connectivity index is 2.82. The van der Waals surface area contributed by atoms with E-state index in [1.807, 2.05) is 13.8 Å². The quantitative estimate of drug-likeness (QED) is 0.582. The zero-order chi connectivity index (χ0) is 8.43. The first-order valence-corrected chi connectivity index (χ1v) is 3.80. The summed E-state index contributed by atoms with van der Waals surface area (Å²) in [7, 11) is 1.49. The van der Waals surface area contributed by atoms with Crippen molar-refractivity contribution in [3.63, 3.8) is 0 Å². The van der Waals surface area contributed by atoms with Crippen molar-refractivity contribution in [1.29, 1.82) is 0 Å². The highest BCUT2D eigenvalue weighted by atomic mass is 19.1. The minimum absolute atomic E-state index is 0.308. The van der Waals surface area contributed by atoms with Crippen molar-refractivity contribution in [2.45, 2.75) is 26.0 Å². The van der Waals surface area contributed by atoms with E-state index >= 15 is 0 Å². The van der Waals surface area contributed by atoms with Gasteiger partial charge in [0, 0.05) is 12.2 Å². The molecule has 0 saturated heterocycles. The SMILES string of the molecule is BC(F)c1ccn(C(C)C)n1. The Morgan fingerprint density at radius 2 is 2.27 bits per heavy atom. The second kappa shape index (κ2) is 3.07. The normalized spacial score (nSPS) is 13.8. The van der Waals surface area contributed by atoms with Crippen LogP contribution in [0, 0.1) is 0 Å². The Morgan fingerprint density at radius 1 is 1.64 bits per heavy atom. The second-order valence-electron chi connectivity index (χ2n) is 2.93. The van der Waals surface area contributed by atoms with Gasteiger partial charge in [0.2, 0.25) is 0 Å². The van der Waals surface area contributed by atoms with Gasteiger partial charge in [-0.05, 0) is 19.9 Å². The average molecular weight is 154 g/mol. The molecular weight excluding hydrogens is 142 g/mol. The van der Waals surface area contributed by atoms with Crippen LogP contribution >= 0.6 is 0 Å². The van der Waals surface area contributed by atoms with Gasteiger partial charge in [0.1, 0.15) is 6.07 Å². The lowest BCUT2D eigenvalue weighted by Gasteiger charge is -2.03. The van der Waals surface area contributed by atoms with Gasteiger partial charge in [-0.2, -0.15) is 5.10 Å². The summed E-state index contributed by atoms with van der Waals surface area (Å²) in [6.07, 6.45) is 0.839. The second-order valence-corrected chi connectivity index (χ2v) is 2.93. The van der Waals surface area contributed by atoms with Crippen LogP contribution in [0.25, 0.3) is 0 Å². The van der Waals surface area contributed by atoms with Crippen molar-refractivity contribution in [1.82, 2.24) is 9.78 Å². The molecule has 1 rings (SSSR count). The number of nitrogens with zero attached hydrogens (tertiary/aromatic N) is 2. The molecule has 0 N–H and O–H groups in total. The monoisotopic (exact) mass is 154 g/mol. The molecule has 0 aromatic carbocycles. The maximum absolute atomic E-state index is 12.6. The van der Waals surface area contributed by atoms with E-state index < -0.39 is 6.07 Å². The molecule has 11 heavy (non-hydrogen) atoms. The molecule has 0 spiro atoms. The molecule has 0 aliphatic carbocycles. The highest BCUT2D eigenvalue weighted by Crippen LogP contribution is 2.12. The smallest absolute Gasteiger partial charge is 0.154 e. The third-order valence-electron chi connectivity index (χ3n) is 1.57. The van der Waals surface area contributed by atoms with Crippen LogP contribution in [0.5, 0.6) is 0 Å². The van der Waals surface area contributed by atoms with Crippen LogP contribution in [0.3, 0.4) is 0 Å². The fourth-order valence-corrected chi connectivity index (χ4v) is 0.852. The van der Waals surface area contributed by atoms with Gasteiger partial charge in [0.25, 0.3) is 0 Å². The third kappa shape index (κ3) is 1.82. The van der Waals surface area contributed by atoms with E-state index in [2.05, 4.69) is 5.10 Å². The Hall–Kier alpha value is -0.795. The Labute approximate surface area is 66.8 Å². The Bertz CT molecular complexity index is 210. The Morgan fingerprint density at radius 3 is 2.55 bits per heavy atom. The maximum atomic E-state index is 12.6. The van der Waals surface area contributed by atoms with E-state index in [0.29, 0.717) is 11.7 Å². The molecular formula is C7H12BFN2. The van der Waals surface area contributed by atoms with Crippen LogP contribution in [0.1, 0.15) is 31.7 Å². The van der Waals surface area contributed by atoms with Crippen LogP contribution < -0.4 is 0 Å².